The van der Waals surface area contributed by atoms with Crippen LogP contribution >= 0.6 is 34.8 Å². The quantitative estimate of drug-likeness (QED) is 0.721. The predicted molar refractivity (Wildman–Crippen MR) is 90.8 cm³/mol. The van der Waals surface area contributed by atoms with Crippen LogP contribution in [0.25, 0.3) is 11.6 Å². The summed E-state index contributed by atoms with van der Waals surface area (Å²) in [6, 6.07) is 10.4. The van der Waals surface area contributed by atoms with Gasteiger partial charge in [-0.25, -0.2) is 4.79 Å². The van der Waals surface area contributed by atoms with E-state index in [-0.39, 0.29) is 5.76 Å². The molecule has 0 aliphatic heterocycles. The highest BCUT2D eigenvalue weighted by molar-refractivity contribution is 6.66. The molecule has 22 heavy (non-hydrogen) atoms. The maximum absolute atomic E-state index is 11.6. The summed E-state index contributed by atoms with van der Waals surface area (Å²) in [7, 11) is 1.61. The number of alkyl halides is 3. The molecule has 2 rings (SSSR count). The lowest BCUT2D eigenvalue weighted by Gasteiger charge is -2.09. The fourth-order valence-corrected chi connectivity index (χ4v) is 2.19. The van der Waals surface area contributed by atoms with Crippen LogP contribution in [0.5, 0.6) is 5.75 Å². The number of rotatable bonds is 3. The second-order valence-corrected chi connectivity index (χ2v) is 6.91. The molecule has 0 bridgehead atoms. The van der Waals surface area contributed by atoms with Gasteiger partial charge in [0.05, 0.1) is 7.11 Å². The molecule has 0 aliphatic carbocycles. The number of hydrogen-bond donors (Lipinski definition) is 0. The third kappa shape index (κ3) is 4.29. The zero-order valence-corrected chi connectivity index (χ0v) is 14.2. The lowest BCUT2D eigenvalue weighted by Crippen LogP contribution is -2.07. The molecule has 0 N–H and O–H groups in total. The summed E-state index contributed by atoms with van der Waals surface area (Å²) in [5.41, 5.74) is 1.97. The van der Waals surface area contributed by atoms with Gasteiger partial charge in [-0.05, 0) is 41.8 Å². The first kappa shape index (κ1) is 16.9. The maximum atomic E-state index is 11.6. The van der Waals surface area contributed by atoms with E-state index in [2.05, 4.69) is 0 Å². The van der Waals surface area contributed by atoms with Gasteiger partial charge in [-0.3, -0.25) is 0 Å². The SMILES string of the molecule is COc1ccc(C(C)=Cc2cc(C(Cl)(Cl)Cl)oc(=O)c2)cc1. The van der Waals surface area contributed by atoms with Gasteiger partial charge < -0.3 is 9.15 Å². The third-order valence-electron chi connectivity index (χ3n) is 3.00. The van der Waals surface area contributed by atoms with Crippen molar-refractivity contribution in [1.29, 1.82) is 0 Å². The molecule has 0 aliphatic rings. The molecule has 0 atom stereocenters. The van der Waals surface area contributed by atoms with E-state index in [0.717, 1.165) is 16.9 Å². The molecular formula is C16H13Cl3O3. The minimum absolute atomic E-state index is 0.0150. The van der Waals surface area contributed by atoms with E-state index in [4.69, 9.17) is 44.0 Å². The molecule has 0 fully saturated rings. The zero-order valence-electron chi connectivity index (χ0n) is 11.9. The van der Waals surface area contributed by atoms with Crippen molar-refractivity contribution in [2.24, 2.45) is 0 Å². The first-order valence-corrected chi connectivity index (χ1v) is 7.48. The number of hydrogen-bond acceptors (Lipinski definition) is 3. The lowest BCUT2D eigenvalue weighted by molar-refractivity contribution is 0.415. The van der Waals surface area contributed by atoms with E-state index >= 15 is 0 Å². The van der Waals surface area contributed by atoms with Crippen LogP contribution in [-0.2, 0) is 3.79 Å². The van der Waals surface area contributed by atoms with Crippen molar-refractivity contribution in [2.45, 2.75) is 10.7 Å². The van der Waals surface area contributed by atoms with Gasteiger partial charge in [-0.15, -0.1) is 0 Å². The number of benzene rings is 1. The third-order valence-corrected chi connectivity index (χ3v) is 3.56. The van der Waals surface area contributed by atoms with Crippen molar-refractivity contribution in [1.82, 2.24) is 0 Å². The number of halogens is 3. The largest absolute Gasteiger partial charge is 0.497 e. The lowest BCUT2D eigenvalue weighted by atomic mass is 10.0. The summed E-state index contributed by atoms with van der Waals surface area (Å²) in [4.78, 5) is 11.6. The Balaban J connectivity index is 2.39. The summed E-state index contributed by atoms with van der Waals surface area (Å²) in [6.45, 7) is 1.92. The molecule has 0 amide bonds. The Morgan fingerprint density at radius 2 is 1.82 bits per heavy atom. The normalized spacial score (nSPS) is 12.3. The molecule has 0 unspecified atom stereocenters. The summed E-state index contributed by atoms with van der Waals surface area (Å²) >= 11 is 17.3. The van der Waals surface area contributed by atoms with Crippen molar-refractivity contribution < 1.29 is 9.15 Å². The van der Waals surface area contributed by atoms with Crippen LogP contribution in [0.1, 0.15) is 23.8 Å². The highest BCUT2D eigenvalue weighted by Crippen LogP contribution is 2.38. The average molecular weight is 360 g/mol. The van der Waals surface area contributed by atoms with Crippen LogP contribution < -0.4 is 10.4 Å². The molecule has 3 nitrogen and oxygen atoms in total. The molecule has 0 saturated heterocycles. The summed E-state index contributed by atoms with van der Waals surface area (Å²) in [6.07, 6.45) is 1.82. The second-order valence-electron chi connectivity index (χ2n) is 4.63. The van der Waals surface area contributed by atoms with Crippen molar-refractivity contribution in [2.75, 3.05) is 7.11 Å². The van der Waals surface area contributed by atoms with Crippen LogP contribution in [0, 0.1) is 0 Å². The average Bonchev–Trinajstić information content (AvgIpc) is 2.45. The Hall–Kier alpha value is -1.42. The van der Waals surface area contributed by atoms with E-state index in [0.29, 0.717) is 5.56 Å². The highest BCUT2D eigenvalue weighted by atomic mass is 35.6. The van der Waals surface area contributed by atoms with Crippen molar-refractivity contribution in [3.05, 3.63) is 63.7 Å². The van der Waals surface area contributed by atoms with Crippen LogP contribution in [-0.4, -0.2) is 7.11 Å². The Bertz CT molecular complexity index is 740. The standard InChI is InChI=1S/C16H13Cl3O3/c1-10(12-3-5-13(21-2)6-4-12)7-11-8-14(16(17,18)19)22-15(20)9-11/h3-9H,1-2H3. The van der Waals surface area contributed by atoms with Gasteiger partial charge in [0.25, 0.3) is 0 Å². The number of ether oxygens (including phenoxy) is 1. The van der Waals surface area contributed by atoms with E-state index in [1.165, 1.54) is 12.1 Å². The molecule has 0 spiro atoms. The predicted octanol–water partition coefficient (Wildman–Crippen LogP) is 5.04. The van der Waals surface area contributed by atoms with Gasteiger partial charge in [-0.1, -0.05) is 53.0 Å². The molecule has 116 valence electrons. The Morgan fingerprint density at radius 3 is 2.36 bits per heavy atom. The van der Waals surface area contributed by atoms with E-state index in [1.807, 2.05) is 37.3 Å². The van der Waals surface area contributed by atoms with Crippen LogP contribution in [0.15, 0.2) is 45.6 Å². The minimum Gasteiger partial charge on any atom is -0.497 e. The molecule has 6 heteroatoms. The molecule has 1 heterocycles. The smallest absolute Gasteiger partial charge is 0.336 e. The van der Waals surface area contributed by atoms with Gasteiger partial charge in [0.1, 0.15) is 5.75 Å². The molecule has 0 radical (unpaired) electrons. The van der Waals surface area contributed by atoms with Crippen molar-refractivity contribution in [3.8, 4) is 5.75 Å². The highest BCUT2D eigenvalue weighted by Gasteiger charge is 2.26. The molecule has 1 aromatic carbocycles. The van der Waals surface area contributed by atoms with Crippen LogP contribution in [0.4, 0.5) is 0 Å². The molecule has 0 saturated carbocycles. The summed E-state index contributed by atoms with van der Waals surface area (Å²) in [5.74, 6) is 0.758. The molecule has 1 aromatic heterocycles. The van der Waals surface area contributed by atoms with Gasteiger partial charge in [-0.2, -0.15) is 0 Å². The molecular weight excluding hydrogens is 347 g/mol. The monoisotopic (exact) mass is 358 g/mol. The minimum atomic E-state index is -1.78. The fraction of sp³-hybridized carbons (Fsp3) is 0.188. The summed E-state index contributed by atoms with van der Waals surface area (Å²) in [5, 5.41) is 0. The summed E-state index contributed by atoms with van der Waals surface area (Å²) < 4.78 is 8.24. The van der Waals surface area contributed by atoms with E-state index < -0.39 is 9.42 Å². The Morgan fingerprint density at radius 1 is 1.18 bits per heavy atom. The van der Waals surface area contributed by atoms with E-state index in [1.54, 1.807) is 7.11 Å². The maximum Gasteiger partial charge on any atom is 0.336 e. The van der Waals surface area contributed by atoms with E-state index in [9.17, 15) is 4.79 Å². The van der Waals surface area contributed by atoms with Crippen molar-refractivity contribution >= 4 is 46.5 Å². The first-order chi connectivity index (χ1) is 10.3. The van der Waals surface area contributed by atoms with Gasteiger partial charge in [0.2, 0.25) is 3.79 Å². The second kappa shape index (κ2) is 6.78. The van der Waals surface area contributed by atoms with Crippen LogP contribution in [0.2, 0.25) is 0 Å². The van der Waals surface area contributed by atoms with Crippen LogP contribution in [0.3, 0.4) is 0 Å². The zero-order chi connectivity index (χ0) is 16.3. The fourth-order valence-electron chi connectivity index (χ4n) is 1.91. The number of methoxy groups -OCH3 is 1. The van der Waals surface area contributed by atoms with Gasteiger partial charge in [0, 0.05) is 6.07 Å². The van der Waals surface area contributed by atoms with Gasteiger partial charge in [0.15, 0.2) is 5.76 Å². The molecule has 2 aromatic rings. The number of allylic oxidation sites excluding steroid dienone is 1. The Labute approximate surface area is 143 Å². The topological polar surface area (TPSA) is 39.4 Å². The van der Waals surface area contributed by atoms with Crippen molar-refractivity contribution in [3.63, 3.8) is 0 Å². The first-order valence-electron chi connectivity index (χ1n) is 6.35. The Kier molecular flexibility index (Phi) is 5.22. The van der Waals surface area contributed by atoms with Gasteiger partial charge >= 0.3 is 5.63 Å².